The van der Waals surface area contributed by atoms with Crippen LogP contribution in [0.5, 0.6) is 0 Å². The number of aliphatic hydroxyl groups excluding tert-OH is 1. The van der Waals surface area contributed by atoms with Crippen molar-refractivity contribution in [2.24, 2.45) is 0 Å². The molecular weight excluding hydrogens is 201 g/mol. The molecule has 1 N–H and O–H groups in total. The van der Waals surface area contributed by atoms with Gasteiger partial charge in [0.1, 0.15) is 0 Å². The summed E-state index contributed by atoms with van der Waals surface area (Å²) < 4.78 is 0. The Morgan fingerprint density at radius 1 is 1.50 bits per heavy atom. The molecule has 0 aromatic carbocycles. The van der Waals surface area contributed by atoms with Gasteiger partial charge in [0, 0.05) is 55.5 Å². The van der Waals surface area contributed by atoms with Gasteiger partial charge in [0.05, 0.1) is 0 Å². The standard InChI is InChI=1S/C4H10O.Ba/c1-2-3-4-5;/h5H,2-4H2,1H3;. The van der Waals surface area contributed by atoms with Gasteiger partial charge >= 0.3 is 0 Å². The van der Waals surface area contributed by atoms with E-state index in [9.17, 15) is 0 Å². The zero-order chi connectivity index (χ0) is 4.12. The van der Waals surface area contributed by atoms with E-state index in [1.807, 2.05) is 0 Å². The fraction of sp³-hybridized carbons (Fsp3) is 1.00. The van der Waals surface area contributed by atoms with Crippen LogP contribution in [0.1, 0.15) is 19.8 Å². The molecule has 0 aliphatic rings. The largest absolute Gasteiger partial charge is 0.396 e. The molecule has 0 rings (SSSR count). The van der Waals surface area contributed by atoms with E-state index in [-0.39, 0.29) is 48.9 Å². The Kier molecular flexibility index (Phi) is 17.0. The molecule has 0 heterocycles. The van der Waals surface area contributed by atoms with E-state index in [0.29, 0.717) is 6.61 Å². The number of hydrogen-bond donors (Lipinski definition) is 1. The second kappa shape index (κ2) is 9.73. The van der Waals surface area contributed by atoms with Crippen LogP contribution < -0.4 is 0 Å². The van der Waals surface area contributed by atoms with Gasteiger partial charge in [-0.2, -0.15) is 0 Å². The molecule has 1 nitrogen and oxygen atoms in total. The summed E-state index contributed by atoms with van der Waals surface area (Å²) in [6.45, 7) is 2.40. The molecule has 2 radical (unpaired) electrons. The molecule has 0 unspecified atom stereocenters. The Morgan fingerprint density at radius 3 is 2.00 bits per heavy atom. The molecule has 0 aliphatic heterocycles. The van der Waals surface area contributed by atoms with Crippen molar-refractivity contribution < 1.29 is 5.11 Å². The molecule has 0 fully saturated rings. The Bertz CT molecular complexity index is 15.0. The third-order valence-corrected chi connectivity index (χ3v) is 0.512. The summed E-state index contributed by atoms with van der Waals surface area (Å²) in [7, 11) is 0. The van der Waals surface area contributed by atoms with Crippen molar-refractivity contribution in [3.63, 3.8) is 0 Å². The summed E-state index contributed by atoms with van der Waals surface area (Å²) in [6, 6.07) is 0. The zero-order valence-electron chi connectivity index (χ0n) is 4.28. The summed E-state index contributed by atoms with van der Waals surface area (Å²) in [5, 5.41) is 8.07. The Labute approximate surface area is 79.2 Å². The molecule has 0 saturated heterocycles. The molecular formula is C4H10BaO. The minimum Gasteiger partial charge on any atom is -0.396 e. The maximum Gasteiger partial charge on any atom is 0.0430 e. The van der Waals surface area contributed by atoms with Crippen LogP contribution in [-0.4, -0.2) is 60.6 Å². The second-order valence-corrected chi connectivity index (χ2v) is 1.08. The van der Waals surface area contributed by atoms with Crippen molar-refractivity contribution in [3.05, 3.63) is 0 Å². The van der Waals surface area contributed by atoms with E-state index in [4.69, 9.17) is 5.11 Å². The fourth-order valence-electron chi connectivity index (χ4n) is 0.158. The minimum absolute atomic E-state index is 0. The number of aliphatic hydroxyl groups is 1. The van der Waals surface area contributed by atoms with E-state index in [0.717, 1.165) is 12.8 Å². The third-order valence-electron chi connectivity index (χ3n) is 0.512. The number of unbranched alkanes of at least 4 members (excludes halogenated alkanes) is 1. The van der Waals surface area contributed by atoms with Gasteiger partial charge in [0.2, 0.25) is 0 Å². The van der Waals surface area contributed by atoms with E-state index in [1.54, 1.807) is 0 Å². The van der Waals surface area contributed by atoms with Crippen molar-refractivity contribution in [1.82, 2.24) is 0 Å². The van der Waals surface area contributed by atoms with Crippen LogP contribution in [0, 0.1) is 0 Å². The minimum atomic E-state index is 0. The predicted octanol–water partition coefficient (Wildman–Crippen LogP) is 0.398. The molecule has 34 valence electrons. The van der Waals surface area contributed by atoms with Crippen LogP contribution in [0.3, 0.4) is 0 Å². The molecule has 0 aliphatic carbocycles. The average molecular weight is 211 g/mol. The van der Waals surface area contributed by atoms with Crippen molar-refractivity contribution in [3.8, 4) is 0 Å². The van der Waals surface area contributed by atoms with Gasteiger partial charge in [-0.3, -0.25) is 0 Å². The van der Waals surface area contributed by atoms with Crippen LogP contribution in [0.15, 0.2) is 0 Å². The molecule has 0 aromatic heterocycles. The Hall–Kier alpha value is 1.53. The van der Waals surface area contributed by atoms with Gasteiger partial charge in [-0.15, -0.1) is 0 Å². The first-order chi connectivity index (χ1) is 2.41. The summed E-state index contributed by atoms with van der Waals surface area (Å²) in [5.74, 6) is 0. The SMILES string of the molecule is CCCCO.[Ba]. The van der Waals surface area contributed by atoms with Crippen molar-refractivity contribution >= 4 is 48.9 Å². The second-order valence-electron chi connectivity index (χ2n) is 1.08. The summed E-state index contributed by atoms with van der Waals surface area (Å²) in [5.41, 5.74) is 0. The molecule has 0 spiro atoms. The quantitative estimate of drug-likeness (QED) is 0.656. The van der Waals surface area contributed by atoms with Gasteiger partial charge < -0.3 is 5.11 Å². The summed E-state index contributed by atoms with van der Waals surface area (Å²) >= 11 is 0. The number of hydrogen-bond acceptors (Lipinski definition) is 1. The van der Waals surface area contributed by atoms with Gasteiger partial charge in [-0.25, -0.2) is 0 Å². The molecule has 0 amide bonds. The van der Waals surface area contributed by atoms with Crippen LogP contribution in [-0.2, 0) is 0 Å². The van der Waals surface area contributed by atoms with Gasteiger partial charge in [0.15, 0.2) is 0 Å². The first kappa shape index (κ1) is 10.5. The van der Waals surface area contributed by atoms with Crippen molar-refractivity contribution in [1.29, 1.82) is 0 Å². The van der Waals surface area contributed by atoms with Crippen LogP contribution in [0.2, 0.25) is 0 Å². The van der Waals surface area contributed by atoms with Crippen molar-refractivity contribution in [2.75, 3.05) is 6.61 Å². The first-order valence-electron chi connectivity index (χ1n) is 2.02. The molecule has 0 aromatic rings. The first-order valence-corrected chi connectivity index (χ1v) is 2.02. The topological polar surface area (TPSA) is 20.2 Å². The van der Waals surface area contributed by atoms with Gasteiger partial charge in [0.25, 0.3) is 0 Å². The van der Waals surface area contributed by atoms with Crippen LogP contribution in [0.4, 0.5) is 0 Å². The van der Waals surface area contributed by atoms with E-state index >= 15 is 0 Å². The van der Waals surface area contributed by atoms with Crippen LogP contribution in [0.25, 0.3) is 0 Å². The molecule has 6 heavy (non-hydrogen) atoms. The average Bonchev–Trinajstić information content (AvgIpc) is 1.41. The zero-order valence-corrected chi connectivity index (χ0v) is 8.72. The Balaban J connectivity index is 0. The van der Waals surface area contributed by atoms with Gasteiger partial charge in [-0.05, 0) is 6.42 Å². The molecule has 0 atom stereocenters. The van der Waals surface area contributed by atoms with E-state index in [2.05, 4.69) is 6.92 Å². The van der Waals surface area contributed by atoms with Crippen molar-refractivity contribution in [2.45, 2.75) is 19.8 Å². The van der Waals surface area contributed by atoms with E-state index in [1.165, 1.54) is 0 Å². The maximum atomic E-state index is 8.07. The normalized spacial score (nSPS) is 7.00. The Morgan fingerprint density at radius 2 is 2.00 bits per heavy atom. The van der Waals surface area contributed by atoms with Crippen LogP contribution >= 0.6 is 0 Å². The van der Waals surface area contributed by atoms with E-state index < -0.39 is 0 Å². The summed E-state index contributed by atoms with van der Waals surface area (Å²) in [6.07, 6.45) is 2.04. The number of rotatable bonds is 2. The van der Waals surface area contributed by atoms with Gasteiger partial charge in [-0.1, -0.05) is 13.3 Å². The molecule has 0 saturated carbocycles. The fourth-order valence-corrected chi connectivity index (χ4v) is 0.158. The smallest absolute Gasteiger partial charge is 0.0430 e. The maximum absolute atomic E-state index is 8.07. The summed E-state index contributed by atoms with van der Waals surface area (Å²) in [4.78, 5) is 0. The molecule has 0 bridgehead atoms. The predicted molar refractivity (Wildman–Crippen MR) is 27.7 cm³/mol. The molecule has 2 heteroatoms. The third kappa shape index (κ3) is 9.11. The monoisotopic (exact) mass is 212 g/mol.